The molecule has 0 spiro atoms. The first-order valence-electron chi connectivity index (χ1n) is 9.45. The Balaban J connectivity index is 1.59. The molecule has 1 fully saturated rings. The van der Waals surface area contributed by atoms with E-state index in [4.69, 9.17) is 4.74 Å². The number of para-hydroxylation sites is 1. The van der Waals surface area contributed by atoms with Crippen LogP contribution in [0.4, 0.5) is 0 Å². The standard InChI is InChI=1S/C19H25N5O2S/c1-13(2)10-23-8-9-26-14(11-23)12-27-19-21-20-18-22(3)17(25)15-6-4-5-7-16(15)24(18)19/h4-7,13-14H,8-12H2,1-3H3/p+1/t14-/m1/s1. The van der Waals surface area contributed by atoms with Crippen LogP contribution in [-0.4, -0.2) is 57.3 Å². The van der Waals surface area contributed by atoms with E-state index in [0.29, 0.717) is 17.1 Å². The van der Waals surface area contributed by atoms with E-state index in [1.165, 1.54) is 6.54 Å². The van der Waals surface area contributed by atoms with E-state index in [1.54, 1.807) is 28.3 Å². The Morgan fingerprint density at radius 1 is 1.33 bits per heavy atom. The second-order valence-corrected chi connectivity index (χ2v) is 8.59. The molecule has 0 saturated carbocycles. The molecule has 0 radical (unpaired) electrons. The van der Waals surface area contributed by atoms with Gasteiger partial charge in [0.15, 0.2) is 5.16 Å². The van der Waals surface area contributed by atoms with Crippen molar-refractivity contribution in [2.45, 2.75) is 25.1 Å². The summed E-state index contributed by atoms with van der Waals surface area (Å²) in [5.41, 5.74) is 0.797. The number of fused-ring (bicyclic) bond motifs is 3. The van der Waals surface area contributed by atoms with Gasteiger partial charge in [0.05, 0.1) is 24.1 Å². The zero-order valence-corrected chi connectivity index (χ0v) is 16.8. The van der Waals surface area contributed by atoms with Crippen LogP contribution in [0.5, 0.6) is 0 Å². The van der Waals surface area contributed by atoms with Gasteiger partial charge in [-0.1, -0.05) is 37.7 Å². The monoisotopic (exact) mass is 388 g/mol. The number of benzene rings is 1. The van der Waals surface area contributed by atoms with Gasteiger partial charge in [-0.15, -0.1) is 10.2 Å². The normalized spacial score (nSPS) is 20.7. The summed E-state index contributed by atoms with van der Waals surface area (Å²) in [5.74, 6) is 2.09. The molecule has 1 saturated heterocycles. The number of hydrogen-bond donors (Lipinski definition) is 1. The molecular formula is C19H26N5O2S+. The van der Waals surface area contributed by atoms with Gasteiger partial charge >= 0.3 is 0 Å². The summed E-state index contributed by atoms with van der Waals surface area (Å²) in [6.07, 6.45) is 0.212. The Kier molecular flexibility index (Phi) is 5.21. The minimum atomic E-state index is -0.0504. The first kappa shape index (κ1) is 18.5. The number of morpholine rings is 1. The van der Waals surface area contributed by atoms with E-state index in [0.717, 1.165) is 36.1 Å². The van der Waals surface area contributed by atoms with Crippen molar-refractivity contribution in [1.29, 1.82) is 0 Å². The number of ether oxygens (including phenoxy) is 1. The molecule has 3 heterocycles. The van der Waals surface area contributed by atoms with Crippen LogP contribution in [0.2, 0.25) is 0 Å². The Hall–Kier alpha value is -1.90. The molecule has 4 rings (SSSR count). The van der Waals surface area contributed by atoms with Gasteiger partial charge in [0.25, 0.3) is 5.56 Å². The van der Waals surface area contributed by atoms with Gasteiger partial charge in [-0.05, 0) is 12.1 Å². The number of hydrogen-bond acceptors (Lipinski definition) is 5. The molecule has 1 N–H and O–H groups in total. The lowest BCUT2D eigenvalue weighted by atomic mass is 10.2. The van der Waals surface area contributed by atoms with Gasteiger partial charge in [0.1, 0.15) is 19.2 Å². The summed E-state index contributed by atoms with van der Waals surface area (Å²) in [6.45, 7) is 8.64. The number of thioether (sulfide) groups is 1. The predicted molar refractivity (Wildman–Crippen MR) is 107 cm³/mol. The molecule has 2 atom stereocenters. The largest absolute Gasteiger partial charge is 0.366 e. The molecular weight excluding hydrogens is 362 g/mol. The molecule has 27 heavy (non-hydrogen) atoms. The smallest absolute Gasteiger partial charge is 0.262 e. The molecule has 7 nitrogen and oxygen atoms in total. The number of nitrogens with zero attached hydrogens (tertiary/aromatic N) is 4. The van der Waals surface area contributed by atoms with Crippen molar-refractivity contribution in [2.75, 3.05) is 32.0 Å². The average molecular weight is 389 g/mol. The third-order valence-corrected chi connectivity index (χ3v) is 6.08. The quantitative estimate of drug-likeness (QED) is 0.649. The van der Waals surface area contributed by atoms with E-state index in [-0.39, 0.29) is 11.7 Å². The van der Waals surface area contributed by atoms with Crippen LogP contribution in [0.1, 0.15) is 13.8 Å². The van der Waals surface area contributed by atoms with Gasteiger partial charge < -0.3 is 9.64 Å². The Labute approximate surface area is 162 Å². The molecule has 0 amide bonds. The van der Waals surface area contributed by atoms with E-state index < -0.39 is 0 Å². The molecule has 1 aliphatic rings. The van der Waals surface area contributed by atoms with Crippen LogP contribution < -0.4 is 10.5 Å². The Bertz CT molecular complexity index is 1010. The van der Waals surface area contributed by atoms with Gasteiger partial charge in [-0.2, -0.15) is 0 Å². The van der Waals surface area contributed by atoms with Crippen LogP contribution in [0.25, 0.3) is 16.7 Å². The summed E-state index contributed by atoms with van der Waals surface area (Å²) >= 11 is 1.65. The van der Waals surface area contributed by atoms with Crippen molar-refractivity contribution in [1.82, 2.24) is 19.2 Å². The van der Waals surface area contributed by atoms with E-state index in [9.17, 15) is 4.79 Å². The fraction of sp³-hybridized carbons (Fsp3) is 0.526. The second kappa shape index (κ2) is 7.61. The van der Waals surface area contributed by atoms with Crippen molar-refractivity contribution in [3.63, 3.8) is 0 Å². The number of aryl methyl sites for hydroxylation is 1. The van der Waals surface area contributed by atoms with Crippen molar-refractivity contribution in [3.05, 3.63) is 34.6 Å². The molecule has 144 valence electrons. The van der Waals surface area contributed by atoms with Gasteiger partial charge in [0, 0.05) is 18.7 Å². The summed E-state index contributed by atoms with van der Waals surface area (Å²) in [7, 11) is 1.74. The summed E-state index contributed by atoms with van der Waals surface area (Å²) in [6, 6.07) is 7.62. The van der Waals surface area contributed by atoms with Crippen molar-refractivity contribution < 1.29 is 9.64 Å². The van der Waals surface area contributed by atoms with Crippen LogP contribution in [0.3, 0.4) is 0 Å². The van der Waals surface area contributed by atoms with Crippen LogP contribution in [0, 0.1) is 5.92 Å². The first-order valence-corrected chi connectivity index (χ1v) is 10.4. The lowest BCUT2D eigenvalue weighted by molar-refractivity contribution is -0.914. The lowest BCUT2D eigenvalue weighted by Gasteiger charge is -2.30. The fourth-order valence-electron chi connectivity index (χ4n) is 3.79. The molecule has 1 unspecified atom stereocenters. The van der Waals surface area contributed by atoms with Crippen molar-refractivity contribution in [3.8, 4) is 0 Å². The van der Waals surface area contributed by atoms with Crippen LogP contribution in [0.15, 0.2) is 34.2 Å². The Morgan fingerprint density at radius 2 is 2.15 bits per heavy atom. The Morgan fingerprint density at radius 3 is 2.96 bits per heavy atom. The highest BCUT2D eigenvalue weighted by atomic mass is 32.2. The highest BCUT2D eigenvalue weighted by Crippen LogP contribution is 2.22. The maximum atomic E-state index is 12.5. The molecule has 3 aromatic rings. The summed E-state index contributed by atoms with van der Waals surface area (Å²) in [4.78, 5) is 14.1. The maximum absolute atomic E-state index is 12.5. The fourth-order valence-corrected chi connectivity index (χ4v) is 4.75. The third kappa shape index (κ3) is 3.61. The number of aromatic nitrogens is 4. The minimum absolute atomic E-state index is 0.0504. The van der Waals surface area contributed by atoms with E-state index in [1.807, 2.05) is 28.7 Å². The zero-order chi connectivity index (χ0) is 19.0. The van der Waals surface area contributed by atoms with Crippen LogP contribution >= 0.6 is 11.8 Å². The van der Waals surface area contributed by atoms with E-state index >= 15 is 0 Å². The van der Waals surface area contributed by atoms with Gasteiger partial charge in [0.2, 0.25) is 5.78 Å². The number of quaternary nitrogens is 1. The first-order chi connectivity index (χ1) is 13.0. The number of rotatable bonds is 5. The minimum Gasteiger partial charge on any atom is -0.366 e. The van der Waals surface area contributed by atoms with Crippen molar-refractivity contribution >= 4 is 28.4 Å². The third-order valence-electron chi connectivity index (χ3n) is 5.02. The molecule has 2 aromatic heterocycles. The lowest BCUT2D eigenvalue weighted by Crippen LogP contribution is -3.15. The molecule has 1 aliphatic heterocycles. The maximum Gasteiger partial charge on any atom is 0.262 e. The molecule has 8 heteroatoms. The highest BCUT2D eigenvalue weighted by molar-refractivity contribution is 7.99. The SMILES string of the molecule is CC(C)C[NH+]1CCO[C@@H](CSc2nnc3n(C)c(=O)c4ccccc4n23)C1. The summed E-state index contributed by atoms with van der Waals surface area (Å²) < 4.78 is 9.51. The average Bonchev–Trinajstić information content (AvgIpc) is 3.08. The zero-order valence-electron chi connectivity index (χ0n) is 16.0. The highest BCUT2D eigenvalue weighted by Gasteiger charge is 2.25. The number of nitrogens with one attached hydrogen (secondary N) is 1. The van der Waals surface area contributed by atoms with Gasteiger partial charge in [-0.3, -0.25) is 13.8 Å². The second-order valence-electron chi connectivity index (χ2n) is 7.61. The molecule has 0 aliphatic carbocycles. The predicted octanol–water partition coefficient (Wildman–Crippen LogP) is 0.613. The van der Waals surface area contributed by atoms with Crippen LogP contribution in [-0.2, 0) is 11.8 Å². The van der Waals surface area contributed by atoms with Gasteiger partial charge in [-0.25, -0.2) is 0 Å². The molecule has 0 bridgehead atoms. The topological polar surface area (TPSA) is 65.9 Å². The summed E-state index contributed by atoms with van der Waals surface area (Å²) in [5, 5.41) is 10.1. The van der Waals surface area contributed by atoms with E-state index in [2.05, 4.69) is 24.0 Å². The molecule has 1 aromatic carbocycles. The van der Waals surface area contributed by atoms with Crippen molar-refractivity contribution in [2.24, 2.45) is 13.0 Å².